The number of hydrogen-bond acceptors (Lipinski definition) is 1. The van der Waals surface area contributed by atoms with E-state index in [1.54, 1.807) is 11.0 Å². The molecular weight excluding hydrogens is 288 g/mol. The smallest absolute Gasteiger partial charge is 0.257 e. The molecule has 19 heavy (non-hydrogen) atoms. The maximum absolute atomic E-state index is 13.8. The lowest BCUT2D eigenvalue weighted by atomic mass is 9.90. The molecule has 0 aliphatic heterocycles. The van der Waals surface area contributed by atoms with Gasteiger partial charge in [-0.05, 0) is 43.9 Å². The molecule has 0 unspecified atom stereocenters. The van der Waals surface area contributed by atoms with Crippen LogP contribution in [0.2, 0.25) is 5.02 Å². The summed E-state index contributed by atoms with van der Waals surface area (Å²) in [6.07, 6.45) is 3.82. The van der Waals surface area contributed by atoms with E-state index in [1.807, 2.05) is 0 Å². The molecule has 0 radical (unpaired) electrons. The number of alkyl halides is 1. The molecule has 1 aromatic carbocycles. The van der Waals surface area contributed by atoms with Crippen LogP contribution in [0.15, 0.2) is 18.2 Å². The molecule has 0 saturated heterocycles. The SMILES string of the molecule is O=C(c1ccc(Cl)cc1F)N(CCCCl)C1CCC1. The fourth-order valence-corrected chi connectivity index (χ4v) is 2.47. The Labute approximate surface area is 122 Å². The fourth-order valence-electron chi connectivity index (χ4n) is 2.20. The number of amides is 1. The Kier molecular flexibility index (Phi) is 5.06. The average Bonchev–Trinajstić information content (AvgIpc) is 2.31. The second-order valence-electron chi connectivity index (χ2n) is 4.75. The molecule has 1 aliphatic carbocycles. The van der Waals surface area contributed by atoms with Gasteiger partial charge in [0.25, 0.3) is 5.91 Å². The van der Waals surface area contributed by atoms with Gasteiger partial charge in [0.1, 0.15) is 5.82 Å². The van der Waals surface area contributed by atoms with Crippen molar-refractivity contribution in [2.75, 3.05) is 12.4 Å². The summed E-state index contributed by atoms with van der Waals surface area (Å²) in [6, 6.07) is 4.39. The Morgan fingerprint density at radius 3 is 2.68 bits per heavy atom. The summed E-state index contributed by atoms with van der Waals surface area (Å²) in [5.41, 5.74) is 0.0888. The number of hydrogen-bond donors (Lipinski definition) is 0. The van der Waals surface area contributed by atoms with Crippen molar-refractivity contribution in [3.8, 4) is 0 Å². The lowest BCUT2D eigenvalue weighted by molar-refractivity contribution is 0.0576. The maximum Gasteiger partial charge on any atom is 0.257 e. The molecule has 1 saturated carbocycles. The van der Waals surface area contributed by atoms with E-state index in [2.05, 4.69) is 0 Å². The van der Waals surface area contributed by atoms with E-state index in [0.29, 0.717) is 17.4 Å². The number of carbonyl (C=O) groups excluding carboxylic acids is 1. The Morgan fingerprint density at radius 2 is 2.16 bits per heavy atom. The van der Waals surface area contributed by atoms with E-state index < -0.39 is 5.82 Å². The molecule has 104 valence electrons. The van der Waals surface area contributed by atoms with Crippen molar-refractivity contribution in [3.63, 3.8) is 0 Å². The van der Waals surface area contributed by atoms with E-state index in [1.165, 1.54) is 12.1 Å². The van der Waals surface area contributed by atoms with Crippen molar-refractivity contribution in [1.29, 1.82) is 0 Å². The van der Waals surface area contributed by atoms with Gasteiger partial charge in [0.2, 0.25) is 0 Å². The highest BCUT2D eigenvalue weighted by molar-refractivity contribution is 6.30. The first-order valence-electron chi connectivity index (χ1n) is 6.45. The van der Waals surface area contributed by atoms with Crippen molar-refractivity contribution >= 4 is 29.1 Å². The van der Waals surface area contributed by atoms with E-state index in [4.69, 9.17) is 23.2 Å². The molecule has 0 heterocycles. The zero-order chi connectivity index (χ0) is 13.8. The molecule has 0 N–H and O–H groups in total. The second-order valence-corrected chi connectivity index (χ2v) is 5.56. The van der Waals surface area contributed by atoms with Gasteiger partial charge in [-0.2, -0.15) is 0 Å². The highest BCUT2D eigenvalue weighted by atomic mass is 35.5. The zero-order valence-corrected chi connectivity index (χ0v) is 12.1. The van der Waals surface area contributed by atoms with E-state index >= 15 is 0 Å². The van der Waals surface area contributed by atoms with Gasteiger partial charge in [0.05, 0.1) is 5.56 Å². The van der Waals surface area contributed by atoms with Gasteiger partial charge >= 0.3 is 0 Å². The predicted molar refractivity (Wildman–Crippen MR) is 75.4 cm³/mol. The third kappa shape index (κ3) is 3.40. The minimum absolute atomic E-state index is 0.0888. The van der Waals surface area contributed by atoms with Crippen LogP contribution >= 0.6 is 23.2 Å². The van der Waals surface area contributed by atoms with Crippen molar-refractivity contribution in [2.24, 2.45) is 0 Å². The van der Waals surface area contributed by atoms with E-state index in [9.17, 15) is 9.18 Å². The van der Waals surface area contributed by atoms with Crippen molar-refractivity contribution in [1.82, 2.24) is 4.90 Å². The number of halogens is 3. The molecule has 0 aromatic heterocycles. The molecule has 1 fully saturated rings. The van der Waals surface area contributed by atoms with Crippen molar-refractivity contribution in [3.05, 3.63) is 34.6 Å². The van der Waals surface area contributed by atoms with Crippen LogP contribution in [0, 0.1) is 5.82 Å². The molecule has 2 rings (SSSR count). The Hall–Kier alpha value is -0.800. The molecule has 0 atom stereocenters. The molecular formula is C14H16Cl2FNO. The summed E-state index contributed by atoms with van der Waals surface area (Å²) < 4.78 is 13.8. The first-order chi connectivity index (χ1) is 9.13. The quantitative estimate of drug-likeness (QED) is 0.750. The third-order valence-corrected chi connectivity index (χ3v) is 3.97. The van der Waals surface area contributed by atoms with Crippen LogP contribution in [0.25, 0.3) is 0 Å². The third-order valence-electron chi connectivity index (χ3n) is 3.47. The van der Waals surface area contributed by atoms with Gasteiger partial charge < -0.3 is 4.90 Å². The number of nitrogens with zero attached hydrogens (tertiary/aromatic N) is 1. The van der Waals surface area contributed by atoms with Gasteiger partial charge in [-0.25, -0.2) is 4.39 Å². The zero-order valence-electron chi connectivity index (χ0n) is 10.5. The van der Waals surface area contributed by atoms with Gasteiger partial charge in [-0.1, -0.05) is 11.6 Å². The number of rotatable bonds is 5. The topological polar surface area (TPSA) is 20.3 Å². The molecule has 1 amide bonds. The molecule has 1 aliphatic rings. The summed E-state index contributed by atoms with van der Waals surface area (Å²) >= 11 is 11.4. The lowest BCUT2D eigenvalue weighted by Crippen LogP contribution is -2.45. The van der Waals surface area contributed by atoms with Crippen LogP contribution in [-0.2, 0) is 0 Å². The standard InChI is InChI=1S/C14H16Cl2FNO/c15-7-2-8-18(11-3-1-4-11)14(19)12-6-5-10(16)9-13(12)17/h5-6,9,11H,1-4,7-8H2. The van der Waals surface area contributed by atoms with Crippen LogP contribution in [0.5, 0.6) is 0 Å². The minimum atomic E-state index is -0.562. The van der Waals surface area contributed by atoms with Crippen molar-refractivity contribution < 1.29 is 9.18 Å². The van der Waals surface area contributed by atoms with E-state index in [-0.39, 0.29) is 17.5 Å². The summed E-state index contributed by atoms with van der Waals surface area (Å²) in [6.45, 7) is 0.578. The van der Waals surface area contributed by atoms with E-state index in [0.717, 1.165) is 25.7 Å². The fraction of sp³-hybridized carbons (Fsp3) is 0.500. The highest BCUT2D eigenvalue weighted by Crippen LogP contribution is 2.27. The van der Waals surface area contributed by atoms with Crippen LogP contribution in [-0.4, -0.2) is 29.3 Å². The second kappa shape index (κ2) is 6.58. The molecule has 0 spiro atoms. The molecule has 1 aromatic rings. The summed E-state index contributed by atoms with van der Waals surface area (Å²) in [5, 5.41) is 0.296. The molecule has 0 bridgehead atoms. The summed E-state index contributed by atoms with van der Waals surface area (Å²) in [7, 11) is 0. The average molecular weight is 304 g/mol. The van der Waals surface area contributed by atoms with Crippen LogP contribution < -0.4 is 0 Å². The Bertz CT molecular complexity index is 463. The van der Waals surface area contributed by atoms with Gasteiger partial charge in [0.15, 0.2) is 0 Å². The van der Waals surface area contributed by atoms with Gasteiger partial charge in [-0.3, -0.25) is 4.79 Å². The Morgan fingerprint density at radius 1 is 1.42 bits per heavy atom. The number of carbonyl (C=O) groups is 1. The van der Waals surface area contributed by atoms with Crippen LogP contribution in [0.3, 0.4) is 0 Å². The Balaban J connectivity index is 2.17. The maximum atomic E-state index is 13.8. The van der Waals surface area contributed by atoms with Gasteiger partial charge in [0, 0.05) is 23.5 Å². The molecule has 5 heteroatoms. The normalized spacial score (nSPS) is 15.1. The van der Waals surface area contributed by atoms with Crippen molar-refractivity contribution in [2.45, 2.75) is 31.7 Å². The lowest BCUT2D eigenvalue weighted by Gasteiger charge is -2.37. The minimum Gasteiger partial charge on any atom is -0.336 e. The van der Waals surface area contributed by atoms with Crippen LogP contribution in [0.4, 0.5) is 4.39 Å². The summed E-state index contributed by atoms with van der Waals surface area (Å²) in [5.74, 6) is -0.323. The first kappa shape index (κ1) is 14.6. The monoisotopic (exact) mass is 303 g/mol. The first-order valence-corrected chi connectivity index (χ1v) is 7.36. The number of benzene rings is 1. The van der Waals surface area contributed by atoms with Gasteiger partial charge in [-0.15, -0.1) is 11.6 Å². The predicted octanol–water partition coefficient (Wildman–Crippen LogP) is 4.10. The van der Waals surface area contributed by atoms with Crippen LogP contribution in [0.1, 0.15) is 36.0 Å². The largest absolute Gasteiger partial charge is 0.336 e. The summed E-state index contributed by atoms with van der Waals surface area (Å²) in [4.78, 5) is 14.2. The molecule has 2 nitrogen and oxygen atoms in total. The highest BCUT2D eigenvalue weighted by Gasteiger charge is 2.30.